The summed E-state index contributed by atoms with van der Waals surface area (Å²) in [7, 11) is 1.70. The number of methoxy groups -OCH3 is 1. The fraction of sp³-hybridized carbons (Fsp3) is 0.345. The van der Waals surface area contributed by atoms with Crippen LogP contribution in [0, 0.1) is 5.92 Å². The number of hydrogen-bond acceptors (Lipinski definition) is 4. The van der Waals surface area contributed by atoms with E-state index in [1.807, 2.05) is 65.6 Å². The molecule has 34 heavy (non-hydrogen) atoms. The molecule has 0 aliphatic heterocycles. The topological polar surface area (TPSA) is 64.8 Å². The molecule has 3 aromatic carbocycles. The number of carbonyl (C=O) groups is 1. The van der Waals surface area contributed by atoms with E-state index < -0.39 is 0 Å². The molecule has 1 amide bonds. The molecule has 0 aromatic heterocycles. The van der Waals surface area contributed by atoms with Gasteiger partial charge >= 0.3 is 0 Å². The summed E-state index contributed by atoms with van der Waals surface area (Å²) in [6, 6.07) is 23.6. The van der Waals surface area contributed by atoms with E-state index >= 15 is 0 Å². The minimum absolute atomic E-state index is 0.0673. The molecule has 0 fully saturated rings. The van der Waals surface area contributed by atoms with Gasteiger partial charge in [-0.15, -0.1) is 0 Å². The molecule has 0 heterocycles. The maximum absolute atomic E-state index is 13.6. The van der Waals surface area contributed by atoms with E-state index in [0.29, 0.717) is 43.5 Å². The number of carbonyl (C=O) groups excluding carboxylic acids is 1. The molecule has 0 unspecified atom stereocenters. The fourth-order valence-corrected chi connectivity index (χ4v) is 3.93. The smallest absolute Gasteiger partial charge is 0.257 e. The zero-order valence-corrected chi connectivity index (χ0v) is 20.5. The highest BCUT2D eigenvalue weighted by molar-refractivity contribution is 5.97. The molecule has 0 saturated carbocycles. The van der Waals surface area contributed by atoms with E-state index in [9.17, 15) is 4.79 Å². The van der Waals surface area contributed by atoms with Crippen LogP contribution in [-0.4, -0.2) is 31.0 Å². The Labute approximate surface area is 203 Å². The van der Waals surface area contributed by atoms with Gasteiger partial charge in [-0.05, 0) is 60.2 Å². The van der Waals surface area contributed by atoms with Gasteiger partial charge in [0.1, 0.15) is 18.1 Å². The van der Waals surface area contributed by atoms with E-state index in [1.165, 1.54) is 5.56 Å². The third-order valence-electron chi connectivity index (χ3n) is 5.63. The monoisotopic (exact) mass is 460 g/mol. The van der Waals surface area contributed by atoms with Crippen LogP contribution in [0.2, 0.25) is 0 Å². The fourth-order valence-electron chi connectivity index (χ4n) is 3.93. The van der Waals surface area contributed by atoms with Gasteiger partial charge in [0.05, 0.1) is 12.7 Å². The molecule has 2 N–H and O–H groups in total. The number of hydrogen-bond donors (Lipinski definition) is 1. The second-order valence-electron chi connectivity index (χ2n) is 8.88. The number of nitrogens with two attached hydrogens (primary N) is 1. The normalized spacial score (nSPS) is 10.9. The van der Waals surface area contributed by atoms with Crippen molar-refractivity contribution in [3.05, 3.63) is 95.1 Å². The van der Waals surface area contributed by atoms with Gasteiger partial charge in [-0.3, -0.25) is 4.79 Å². The van der Waals surface area contributed by atoms with E-state index in [4.69, 9.17) is 15.2 Å². The van der Waals surface area contributed by atoms with Crippen LogP contribution in [0.15, 0.2) is 72.8 Å². The molecular formula is C29H36N2O3. The largest absolute Gasteiger partial charge is 0.496 e. The lowest BCUT2D eigenvalue weighted by atomic mass is 10.00. The maximum Gasteiger partial charge on any atom is 0.257 e. The Balaban J connectivity index is 1.81. The van der Waals surface area contributed by atoms with Crippen molar-refractivity contribution in [1.82, 2.24) is 4.90 Å². The van der Waals surface area contributed by atoms with Crippen molar-refractivity contribution < 1.29 is 14.3 Å². The molecule has 180 valence electrons. The first-order chi connectivity index (χ1) is 16.5. The average Bonchev–Trinajstić information content (AvgIpc) is 2.86. The van der Waals surface area contributed by atoms with Crippen molar-refractivity contribution >= 4 is 5.91 Å². The standard InChI is InChI=1S/C29H36N2O3/c1-22(2)18-25-15-14-24(19-28(25)33-3)20-31(17-9-16-30)29(32)26-12-7-8-13-27(26)34-21-23-10-5-4-6-11-23/h4-8,10-15,19,22H,9,16-18,20-21,30H2,1-3H3. The number of amides is 1. The number of para-hydroxylation sites is 1. The Kier molecular flexibility index (Phi) is 9.53. The first-order valence-corrected chi connectivity index (χ1v) is 11.9. The summed E-state index contributed by atoms with van der Waals surface area (Å²) in [6.07, 6.45) is 1.67. The van der Waals surface area contributed by atoms with Crippen LogP contribution in [0.1, 0.15) is 47.3 Å². The van der Waals surface area contributed by atoms with Gasteiger partial charge in [-0.1, -0.05) is 68.4 Å². The minimum atomic E-state index is -0.0673. The summed E-state index contributed by atoms with van der Waals surface area (Å²) in [5.41, 5.74) is 9.60. The molecule has 5 nitrogen and oxygen atoms in total. The van der Waals surface area contributed by atoms with E-state index in [-0.39, 0.29) is 5.91 Å². The van der Waals surface area contributed by atoms with Crippen molar-refractivity contribution in [1.29, 1.82) is 0 Å². The lowest BCUT2D eigenvalue weighted by Crippen LogP contribution is -2.33. The second kappa shape index (κ2) is 12.8. The van der Waals surface area contributed by atoms with Gasteiger partial charge in [0.2, 0.25) is 0 Å². The lowest BCUT2D eigenvalue weighted by molar-refractivity contribution is 0.0737. The highest BCUT2D eigenvalue weighted by atomic mass is 16.5. The number of ether oxygens (including phenoxy) is 2. The molecule has 0 radical (unpaired) electrons. The number of rotatable bonds is 12. The van der Waals surface area contributed by atoms with Crippen molar-refractivity contribution in [3.8, 4) is 11.5 Å². The summed E-state index contributed by atoms with van der Waals surface area (Å²) in [5.74, 6) is 1.92. The third-order valence-corrected chi connectivity index (χ3v) is 5.63. The molecule has 0 atom stereocenters. The van der Waals surface area contributed by atoms with Crippen molar-refractivity contribution in [2.45, 2.75) is 39.8 Å². The second-order valence-corrected chi connectivity index (χ2v) is 8.88. The molecule has 0 aliphatic carbocycles. The van der Waals surface area contributed by atoms with Gasteiger partial charge in [-0.25, -0.2) is 0 Å². The Morgan fingerprint density at radius 1 is 0.941 bits per heavy atom. The van der Waals surface area contributed by atoms with Gasteiger partial charge in [0, 0.05) is 13.1 Å². The van der Waals surface area contributed by atoms with Gasteiger partial charge < -0.3 is 20.1 Å². The average molecular weight is 461 g/mol. The Bertz CT molecular complexity index is 1050. The van der Waals surface area contributed by atoms with Crippen LogP contribution >= 0.6 is 0 Å². The Morgan fingerprint density at radius 2 is 1.68 bits per heavy atom. The van der Waals surface area contributed by atoms with Crippen LogP contribution in [0.5, 0.6) is 11.5 Å². The molecule has 0 bridgehead atoms. The zero-order chi connectivity index (χ0) is 24.3. The predicted octanol–water partition coefficient (Wildman–Crippen LogP) is 5.46. The Morgan fingerprint density at radius 3 is 2.38 bits per heavy atom. The van der Waals surface area contributed by atoms with Crippen molar-refractivity contribution in [3.63, 3.8) is 0 Å². The van der Waals surface area contributed by atoms with Crippen LogP contribution in [0.3, 0.4) is 0 Å². The van der Waals surface area contributed by atoms with Crippen LogP contribution < -0.4 is 15.2 Å². The van der Waals surface area contributed by atoms with Crippen LogP contribution in [0.4, 0.5) is 0 Å². The Hall–Kier alpha value is -3.31. The van der Waals surface area contributed by atoms with Crippen molar-refractivity contribution in [2.75, 3.05) is 20.2 Å². The molecular weight excluding hydrogens is 424 g/mol. The molecule has 5 heteroatoms. The maximum atomic E-state index is 13.6. The highest BCUT2D eigenvalue weighted by Gasteiger charge is 2.20. The van der Waals surface area contributed by atoms with Gasteiger partial charge in [-0.2, -0.15) is 0 Å². The molecule has 0 saturated heterocycles. The molecule has 0 spiro atoms. The molecule has 0 aliphatic rings. The quantitative estimate of drug-likeness (QED) is 0.390. The van der Waals surface area contributed by atoms with E-state index in [1.54, 1.807) is 7.11 Å². The van der Waals surface area contributed by atoms with Crippen LogP contribution in [-0.2, 0) is 19.6 Å². The summed E-state index contributed by atoms with van der Waals surface area (Å²) in [6.45, 7) is 6.35. The van der Waals surface area contributed by atoms with E-state index in [2.05, 4.69) is 26.0 Å². The molecule has 3 aromatic rings. The summed E-state index contributed by atoms with van der Waals surface area (Å²) in [4.78, 5) is 15.5. The highest BCUT2D eigenvalue weighted by Crippen LogP contribution is 2.26. The minimum Gasteiger partial charge on any atom is -0.496 e. The zero-order valence-electron chi connectivity index (χ0n) is 20.5. The first kappa shape index (κ1) is 25.3. The lowest BCUT2D eigenvalue weighted by Gasteiger charge is -2.24. The predicted molar refractivity (Wildman–Crippen MR) is 137 cm³/mol. The van der Waals surface area contributed by atoms with Crippen LogP contribution in [0.25, 0.3) is 0 Å². The third kappa shape index (κ3) is 7.09. The SMILES string of the molecule is COc1cc(CN(CCCN)C(=O)c2ccccc2OCc2ccccc2)ccc1CC(C)C. The number of benzene rings is 3. The van der Waals surface area contributed by atoms with E-state index in [0.717, 1.165) is 29.7 Å². The first-order valence-electron chi connectivity index (χ1n) is 11.9. The van der Waals surface area contributed by atoms with Crippen molar-refractivity contribution in [2.24, 2.45) is 11.7 Å². The summed E-state index contributed by atoms with van der Waals surface area (Å²) in [5, 5.41) is 0. The summed E-state index contributed by atoms with van der Waals surface area (Å²) >= 11 is 0. The number of nitrogens with zero attached hydrogens (tertiary/aromatic N) is 1. The summed E-state index contributed by atoms with van der Waals surface area (Å²) < 4.78 is 11.7. The van der Waals surface area contributed by atoms with Gasteiger partial charge in [0.15, 0.2) is 0 Å². The molecule has 3 rings (SSSR count). The van der Waals surface area contributed by atoms with Gasteiger partial charge in [0.25, 0.3) is 5.91 Å².